The van der Waals surface area contributed by atoms with Gasteiger partial charge in [0.05, 0.1) is 17.6 Å². The second-order valence-corrected chi connectivity index (χ2v) is 6.92. The minimum Gasteiger partial charge on any atom is -0.345 e. The van der Waals surface area contributed by atoms with Crippen LogP contribution in [0.3, 0.4) is 0 Å². The number of aromatic nitrogens is 2. The first-order valence-corrected chi connectivity index (χ1v) is 9.03. The van der Waals surface area contributed by atoms with Gasteiger partial charge < -0.3 is 9.88 Å². The summed E-state index contributed by atoms with van der Waals surface area (Å²) < 4.78 is 2.28. The first kappa shape index (κ1) is 16.7. The van der Waals surface area contributed by atoms with E-state index in [0.717, 1.165) is 29.3 Å². The van der Waals surface area contributed by atoms with E-state index >= 15 is 0 Å². The topological polar surface area (TPSA) is 46.9 Å². The highest BCUT2D eigenvalue weighted by Gasteiger charge is 2.16. The molecular weight excluding hydrogens is 298 g/mol. The average molecular weight is 325 g/mol. The monoisotopic (exact) mass is 325 g/mol. The Balaban J connectivity index is 1.76. The van der Waals surface area contributed by atoms with Crippen LogP contribution in [0.5, 0.6) is 0 Å². The fraction of sp³-hybridized carbons (Fsp3) is 0.500. The highest BCUT2D eigenvalue weighted by molar-refractivity contribution is 5.92. The molecule has 128 valence electrons. The van der Waals surface area contributed by atoms with Crippen LogP contribution in [0, 0.1) is 5.92 Å². The molecule has 1 heterocycles. The molecule has 1 saturated carbocycles. The number of carbonyl (C=O) groups is 1. The van der Waals surface area contributed by atoms with E-state index in [4.69, 9.17) is 4.98 Å². The third-order valence-electron chi connectivity index (χ3n) is 5.01. The van der Waals surface area contributed by atoms with Crippen molar-refractivity contribution in [2.75, 3.05) is 0 Å². The van der Waals surface area contributed by atoms with Gasteiger partial charge in [-0.25, -0.2) is 4.98 Å². The van der Waals surface area contributed by atoms with Crippen LogP contribution >= 0.6 is 0 Å². The Morgan fingerprint density at radius 2 is 2.04 bits per heavy atom. The van der Waals surface area contributed by atoms with Gasteiger partial charge in [0.25, 0.3) is 0 Å². The lowest BCUT2D eigenvalue weighted by Crippen LogP contribution is -2.25. The van der Waals surface area contributed by atoms with Crippen LogP contribution in [0.4, 0.5) is 0 Å². The van der Waals surface area contributed by atoms with Crippen LogP contribution in [0.1, 0.15) is 51.3 Å². The number of nitrogens with one attached hydrogen (secondary N) is 1. The smallest absolute Gasteiger partial charge is 0.246 e. The largest absolute Gasteiger partial charge is 0.345 e. The van der Waals surface area contributed by atoms with Gasteiger partial charge in [-0.2, -0.15) is 0 Å². The van der Waals surface area contributed by atoms with Crippen molar-refractivity contribution < 1.29 is 4.79 Å². The first-order valence-electron chi connectivity index (χ1n) is 9.03. The Bertz CT molecular complexity index is 726. The van der Waals surface area contributed by atoms with Gasteiger partial charge in [-0.3, -0.25) is 4.79 Å². The van der Waals surface area contributed by atoms with Crippen molar-refractivity contribution in [1.82, 2.24) is 14.9 Å². The fourth-order valence-electron chi connectivity index (χ4n) is 3.61. The Morgan fingerprint density at radius 3 is 2.79 bits per heavy atom. The SMILES string of the molecule is C=C(C)C(=O)NCc1nc2ccccc2n1CCC1CCCCC1. The van der Waals surface area contributed by atoms with Crippen LogP contribution in [0.2, 0.25) is 0 Å². The highest BCUT2D eigenvalue weighted by atomic mass is 16.1. The minimum absolute atomic E-state index is 0.110. The van der Waals surface area contributed by atoms with Crippen molar-refractivity contribution in [3.8, 4) is 0 Å². The second-order valence-electron chi connectivity index (χ2n) is 6.92. The summed E-state index contributed by atoms with van der Waals surface area (Å²) in [6, 6.07) is 8.22. The van der Waals surface area contributed by atoms with Crippen LogP contribution in [-0.2, 0) is 17.9 Å². The van der Waals surface area contributed by atoms with Crippen LogP contribution in [-0.4, -0.2) is 15.5 Å². The Kier molecular flexibility index (Phi) is 5.34. The van der Waals surface area contributed by atoms with E-state index in [1.54, 1.807) is 6.92 Å². The highest BCUT2D eigenvalue weighted by Crippen LogP contribution is 2.27. The average Bonchev–Trinajstić information content (AvgIpc) is 2.96. The third-order valence-corrected chi connectivity index (χ3v) is 5.01. The molecule has 1 amide bonds. The predicted octanol–water partition coefficient (Wildman–Crippen LogP) is 4.20. The number of hydrogen-bond acceptors (Lipinski definition) is 2. The van der Waals surface area contributed by atoms with Crippen molar-refractivity contribution in [2.24, 2.45) is 5.92 Å². The molecule has 0 atom stereocenters. The number of carbonyl (C=O) groups excluding carboxylic acids is 1. The van der Waals surface area contributed by atoms with Gasteiger partial charge in [-0.15, -0.1) is 0 Å². The molecule has 0 spiro atoms. The number of rotatable bonds is 6. The molecule has 0 bridgehead atoms. The summed E-state index contributed by atoms with van der Waals surface area (Å²) in [5.74, 6) is 1.65. The first-order chi connectivity index (χ1) is 11.6. The van der Waals surface area contributed by atoms with Gasteiger partial charge in [-0.1, -0.05) is 50.8 Å². The quantitative estimate of drug-likeness (QED) is 0.809. The zero-order valence-corrected chi connectivity index (χ0v) is 14.6. The fourth-order valence-corrected chi connectivity index (χ4v) is 3.61. The molecule has 1 aromatic carbocycles. The lowest BCUT2D eigenvalue weighted by molar-refractivity contribution is -0.117. The number of amides is 1. The third kappa shape index (κ3) is 3.86. The molecule has 1 aliphatic rings. The summed E-state index contributed by atoms with van der Waals surface area (Å²) in [7, 11) is 0. The second kappa shape index (κ2) is 7.65. The van der Waals surface area contributed by atoms with Crippen LogP contribution < -0.4 is 5.32 Å². The van der Waals surface area contributed by atoms with Crippen molar-refractivity contribution in [3.63, 3.8) is 0 Å². The number of benzene rings is 1. The summed E-state index contributed by atoms with van der Waals surface area (Å²) in [4.78, 5) is 16.5. The summed E-state index contributed by atoms with van der Waals surface area (Å²) in [6.07, 6.45) is 8.04. The van der Waals surface area contributed by atoms with E-state index in [2.05, 4.69) is 28.6 Å². The summed E-state index contributed by atoms with van der Waals surface area (Å²) in [6.45, 7) is 6.84. The molecule has 0 saturated heterocycles. The van der Waals surface area contributed by atoms with Gasteiger partial charge in [0.1, 0.15) is 5.82 Å². The molecule has 1 N–H and O–H groups in total. The normalized spacial score (nSPS) is 15.5. The van der Waals surface area contributed by atoms with E-state index in [-0.39, 0.29) is 5.91 Å². The molecule has 1 aliphatic carbocycles. The Hall–Kier alpha value is -2.10. The predicted molar refractivity (Wildman–Crippen MR) is 97.6 cm³/mol. The number of para-hydroxylation sites is 2. The van der Waals surface area contributed by atoms with Gasteiger partial charge >= 0.3 is 0 Å². The van der Waals surface area contributed by atoms with Crippen LogP contribution in [0.15, 0.2) is 36.4 Å². The lowest BCUT2D eigenvalue weighted by Gasteiger charge is -2.22. The molecule has 3 rings (SSSR count). The lowest BCUT2D eigenvalue weighted by atomic mass is 9.87. The summed E-state index contributed by atoms with van der Waals surface area (Å²) in [5, 5.41) is 2.92. The van der Waals surface area contributed by atoms with E-state index in [1.165, 1.54) is 38.5 Å². The van der Waals surface area contributed by atoms with Crippen molar-refractivity contribution in [1.29, 1.82) is 0 Å². The van der Waals surface area contributed by atoms with Gasteiger partial charge in [-0.05, 0) is 31.4 Å². The zero-order chi connectivity index (χ0) is 16.9. The minimum atomic E-state index is -0.110. The van der Waals surface area contributed by atoms with E-state index in [1.807, 2.05) is 12.1 Å². The maximum Gasteiger partial charge on any atom is 0.246 e. The number of imidazole rings is 1. The molecule has 2 aromatic rings. The van der Waals surface area contributed by atoms with Gasteiger partial charge in [0.15, 0.2) is 0 Å². The summed E-state index contributed by atoms with van der Waals surface area (Å²) >= 11 is 0. The van der Waals surface area contributed by atoms with Gasteiger partial charge in [0, 0.05) is 12.1 Å². The number of hydrogen-bond donors (Lipinski definition) is 1. The zero-order valence-electron chi connectivity index (χ0n) is 14.6. The maximum atomic E-state index is 11.8. The molecule has 1 fully saturated rings. The Labute approximate surface area is 144 Å². The van der Waals surface area contributed by atoms with Crippen LogP contribution in [0.25, 0.3) is 11.0 Å². The molecule has 1 aromatic heterocycles. The standard InChI is InChI=1S/C20H27N3O/c1-15(2)20(24)21-14-19-22-17-10-6-7-11-18(17)23(19)13-12-16-8-4-3-5-9-16/h6-7,10-11,16H,1,3-5,8-9,12-14H2,2H3,(H,21,24). The van der Waals surface area contributed by atoms with E-state index in [9.17, 15) is 4.79 Å². The van der Waals surface area contributed by atoms with Crippen molar-refractivity contribution in [3.05, 3.63) is 42.2 Å². The van der Waals surface area contributed by atoms with Crippen molar-refractivity contribution >= 4 is 16.9 Å². The molecule has 0 aliphatic heterocycles. The Morgan fingerprint density at radius 1 is 1.29 bits per heavy atom. The number of aryl methyl sites for hydroxylation is 1. The molecule has 4 nitrogen and oxygen atoms in total. The van der Waals surface area contributed by atoms with Crippen molar-refractivity contribution in [2.45, 2.75) is 58.5 Å². The van der Waals surface area contributed by atoms with Gasteiger partial charge in [0.2, 0.25) is 5.91 Å². The molecule has 24 heavy (non-hydrogen) atoms. The molecule has 0 radical (unpaired) electrons. The van der Waals surface area contributed by atoms with E-state index < -0.39 is 0 Å². The number of nitrogens with zero attached hydrogens (tertiary/aromatic N) is 2. The number of fused-ring (bicyclic) bond motifs is 1. The summed E-state index contributed by atoms with van der Waals surface area (Å²) in [5.41, 5.74) is 2.69. The molecule has 4 heteroatoms. The maximum absolute atomic E-state index is 11.8. The molecule has 0 unspecified atom stereocenters. The molecular formula is C20H27N3O. The van der Waals surface area contributed by atoms with E-state index in [0.29, 0.717) is 12.1 Å².